The van der Waals surface area contributed by atoms with E-state index in [-0.39, 0.29) is 489 Å². The average molecular weight is 1090 g/mol. The van der Waals surface area contributed by atoms with Gasteiger partial charge in [-0.15, -0.1) is 0 Å². The quantitative estimate of drug-likeness (QED) is 0.227. The molecule has 0 aliphatic carbocycles. The highest BCUT2D eigenvalue weighted by Gasteiger charge is -0.0216. The first-order chi connectivity index (χ1) is 0. The summed E-state index contributed by atoms with van der Waals surface area (Å²) in [4.78, 5) is 0. The molecule has 0 fully saturated rings. The molecular formula is C55H232S6. The van der Waals surface area contributed by atoms with Crippen molar-refractivity contribution in [3.63, 3.8) is 0 Å². The summed E-state index contributed by atoms with van der Waals surface area (Å²) in [5.41, 5.74) is 0. The van der Waals surface area contributed by atoms with Gasteiger partial charge in [0.15, 0.2) is 0 Å². The molecule has 0 N–H and O–H groups in total. The SMILES string of the molecule is C.C.C.C.C.C.C.C.C.C.C.C.C.C.C.C.C.C.C.C.C.C.C.C.C.C.C.C.C.C.C.C.C.C.C.C.C.C.C.C.C.C.C.C.C.C.C.C.C.C.C.C.C.C.C.S.S.S.S.S.S. The lowest BCUT2D eigenvalue weighted by Crippen LogP contribution is 0.143. The van der Waals surface area contributed by atoms with E-state index in [1.54, 1.807) is 0 Å². The van der Waals surface area contributed by atoms with Gasteiger partial charge in [-0.3, -0.25) is 0 Å². The molecule has 0 aromatic rings. The molecule has 0 aliphatic rings. The maximum atomic E-state index is 0. The summed E-state index contributed by atoms with van der Waals surface area (Å²) in [6, 6.07) is 0. The second-order valence-corrected chi connectivity index (χ2v) is 0. The molecule has 0 unspecified atom stereocenters. The fraction of sp³-hybridized carbons (Fsp3) is 1.00. The van der Waals surface area contributed by atoms with Crippen molar-refractivity contribution in [3.8, 4) is 0 Å². The van der Waals surface area contributed by atoms with Crippen molar-refractivity contribution < 1.29 is 0 Å². The Bertz CT molecular complexity index is 28.3. The van der Waals surface area contributed by atoms with Crippen LogP contribution in [-0.2, 0) is 0 Å². The Kier molecular flexibility index (Phi) is 47600000. The minimum Gasteiger partial charge on any atom is -0.197 e. The molecule has 0 aromatic heterocycles. The molecule has 0 nitrogen and oxygen atoms in total. The van der Waals surface area contributed by atoms with Crippen LogP contribution in [0.5, 0.6) is 0 Å². The van der Waals surface area contributed by atoms with Gasteiger partial charge in [0.1, 0.15) is 0 Å². The molecule has 0 spiro atoms. The van der Waals surface area contributed by atoms with Gasteiger partial charge in [-0.1, -0.05) is 408 Å². The first-order valence-corrected chi connectivity index (χ1v) is 0. The third-order valence-corrected chi connectivity index (χ3v) is 0. The van der Waals surface area contributed by atoms with Gasteiger partial charge >= 0.3 is 0 Å². The van der Waals surface area contributed by atoms with Crippen LogP contribution in [0.25, 0.3) is 0 Å². The third-order valence-electron chi connectivity index (χ3n) is 0. The Balaban J connectivity index is 0. The fourth-order valence-electron chi connectivity index (χ4n) is 0. The molecule has 488 valence electrons. The van der Waals surface area contributed by atoms with Gasteiger partial charge in [0.2, 0.25) is 0 Å². The predicted octanol–water partition coefficient (Wildman–Crippen LogP) is 35.7. The summed E-state index contributed by atoms with van der Waals surface area (Å²) in [5, 5.41) is 0. The molecule has 0 saturated heterocycles. The zero-order valence-electron chi connectivity index (χ0n) is 3.00. The van der Waals surface area contributed by atoms with Gasteiger partial charge in [-0.2, -0.15) is 81.0 Å². The van der Waals surface area contributed by atoms with E-state index in [0.717, 1.165) is 0 Å². The van der Waals surface area contributed by atoms with Crippen LogP contribution in [-0.4, -0.2) is 0 Å². The Morgan fingerprint density at radius 1 is 0.0328 bits per heavy atom. The lowest BCUT2D eigenvalue weighted by Gasteiger charge is -0.198. The lowest BCUT2D eigenvalue weighted by atomic mass is 12.0. The summed E-state index contributed by atoms with van der Waals surface area (Å²) in [5.74, 6) is 0. The van der Waals surface area contributed by atoms with Crippen LogP contribution in [0.1, 0.15) is 408 Å². The maximum absolute atomic E-state index is 0. The van der Waals surface area contributed by atoms with E-state index in [1.165, 1.54) is 0 Å². The molecule has 0 saturated carbocycles. The Labute approximate surface area is 486 Å². The van der Waals surface area contributed by atoms with Gasteiger partial charge < -0.3 is 0 Å². The van der Waals surface area contributed by atoms with Gasteiger partial charge in [-0.25, -0.2) is 0 Å². The molecule has 61 heavy (non-hydrogen) atoms. The van der Waals surface area contributed by atoms with E-state index < -0.39 is 0 Å². The Morgan fingerprint density at radius 2 is 0.0328 bits per heavy atom. The average Bonchev–Trinajstić information content (AvgIpc) is 0. The predicted molar refractivity (Wildman–Crippen MR) is 432 cm³/mol. The number of hydrogen-bond acceptors (Lipinski definition) is 0. The lowest BCUT2D eigenvalue weighted by molar-refractivity contribution is 2.50. The summed E-state index contributed by atoms with van der Waals surface area (Å²) in [6.07, 6.45) is 0. The van der Waals surface area contributed by atoms with Crippen molar-refractivity contribution in [2.45, 2.75) is 408 Å². The van der Waals surface area contributed by atoms with Crippen molar-refractivity contribution in [3.05, 3.63) is 0 Å². The molecule has 0 rings (SSSR count). The van der Waals surface area contributed by atoms with E-state index in [1.807, 2.05) is 0 Å². The zero-order chi connectivity index (χ0) is 0. The number of hydrogen-bond donors (Lipinski definition) is 0. The summed E-state index contributed by atoms with van der Waals surface area (Å²) >= 11 is 0. The normalized spacial score (nSPS) is 0. The third kappa shape index (κ3) is 50900. The van der Waals surface area contributed by atoms with Crippen LogP contribution in [0.2, 0.25) is 0 Å². The smallest absolute Gasteiger partial charge is 0.0776 e. The van der Waals surface area contributed by atoms with Crippen LogP contribution in [0.3, 0.4) is 0 Å². The molecule has 0 aromatic carbocycles. The first kappa shape index (κ1) is 55200. The van der Waals surface area contributed by atoms with Crippen molar-refractivity contribution in [2.75, 3.05) is 0 Å². The fourth-order valence-corrected chi connectivity index (χ4v) is 0. The van der Waals surface area contributed by atoms with Crippen molar-refractivity contribution in [1.82, 2.24) is 0 Å². The molecule has 0 heterocycles. The van der Waals surface area contributed by atoms with E-state index in [2.05, 4.69) is 0 Å². The summed E-state index contributed by atoms with van der Waals surface area (Å²) in [7, 11) is 0. The molecule has 0 aliphatic heterocycles. The minimum atomic E-state index is 0. The Hall–Kier alpha value is 2.10. The van der Waals surface area contributed by atoms with Crippen LogP contribution in [0.4, 0.5) is 0 Å². The van der Waals surface area contributed by atoms with Crippen molar-refractivity contribution >= 4 is 81.0 Å². The van der Waals surface area contributed by atoms with Gasteiger partial charge in [-0.05, 0) is 0 Å². The van der Waals surface area contributed by atoms with Gasteiger partial charge in [0.25, 0.3) is 0 Å². The highest BCUT2D eigenvalue weighted by Crippen LogP contribution is 0.654. The highest BCUT2D eigenvalue weighted by molar-refractivity contribution is 7.60. The maximum Gasteiger partial charge on any atom is -0.0776 e. The standard InChI is InChI=1S/55CH4.6H2S/h55*1H4;6*1H2. The molecule has 0 radical (unpaired) electrons. The largest absolute Gasteiger partial charge is 0.197 e. The Morgan fingerprint density at radius 3 is 0.0328 bits per heavy atom. The van der Waals surface area contributed by atoms with Crippen LogP contribution >= 0.6 is 81.0 Å². The van der Waals surface area contributed by atoms with Crippen LogP contribution < -0.4 is 0 Å². The zero-order valence-corrected chi connectivity index (χ0v) is 9.00. The van der Waals surface area contributed by atoms with Crippen molar-refractivity contribution in [1.29, 1.82) is 0 Å². The second-order valence-electron chi connectivity index (χ2n) is 0. The van der Waals surface area contributed by atoms with E-state index >= 15 is 0 Å². The molecule has 0 bridgehead atoms. The molecule has 6 heteroatoms. The first-order valence-electron chi connectivity index (χ1n) is 0. The topological polar surface area (TPSA) is 0 Å². The highest BCUT2D eigenvalue weighted by atomic mass is 32.1. The molecular weight excluding hydrogens is 853 g/mol. The van der Waals surface area contributed by atoms with E-state index in [9.17, 15) is 0 Å². The monoisotopic (exact) mass is 1090 g/mol. The van der Waals surface area contributed by atoms with Gasteiger partial charge in [0.05, 0.1) is 0 Å². The van der Waals surface area contributed by atoms with E-state index in [4.69, 9.17) is 0 Å². The summed E-state index contributed by atoms with van der Waals surface area (Å²) < 4.78 is 0. The van der Waals surface area contributed by atoms with Crippen molar-refractivity contribution in [2.24, 2.45) is 0 Å². The summed E-state index contributed by atoms with van der Waals surface area (Å²) in [6.45, 7) is 0. The van der Waals surface area contributed by atoms with Crippen LogP contribution in [0.15, 0.2) is 0 Å². The van der Waals surface area contributed by atoms with Crippen LogP contribution in [0, 0.1) is 0 Å². The number of rotatable bonds is 0. The molecule has 0 atom stereocenters. The molecule has 0 amide bonds. The second kappa shape index (κ2) is 52600. The van der Waals surface area contributed by atoms with Gasteiger partial charge in [0, 0.05) is 0 Å². The minimum absolute atomic E-state index is 0. The van der Waals surface area contributed by atoms with E-state index in [0.29, 0.717) is 0 Å².